The van der Waals surface area contributed by atoms with E-state index in [4.69, 9.17) is 9.72 Å². The van der Waals surface area contributed by atoms with Gasteiger partial charge >= 0.3 is 0 Å². The average molecular weight is 488 g/mol. The number of ether oxygens (including phenoxy) is 1. The minimum absolute atomic E-state index is 0.261. The van der Waals surface area contributed by atoms with Crippen molar-refractivity contribution < 1.29 is 13.2 Å². The largest absolute Gasteiger partial charge is 0.379 e. The second kappa shape index (κ2) is 8.67. The van der Waals surface area contributed by atoms with Crippen LogP contribution in [0.2, 0.25) is 0 Å². The molecule has 1 saturated heterocycles. The Hall–Kier alpha value is -2.54. The van der Waals surface area contributed by atoms with E-state index in [-0.39, 0.29) is 4.90 Å². The Kier molecular flexibility index (Phi) is 5.85. The molecule has 4 aromatic rings. The van der Waals surface area contributed by atoms with E-state index in [0.29, 0.717) is 43.4 Å². The Balaban J connectivity index is 1.45. The Morgan fingerprint density at radius 1 is 1.09 bits per heavy atom. The molecule has 0 saturated carbocycles. The first-order valence-corrected chi connectivity index (χ1v) is 13.2. The van der Waals surface area contributed by atoms with Crippen LogP contribution in [0.3, 0.4) is 0 Å². The number of rotatable bonds is 6. The van der Waals surface area contributed by atoms with E-state index in [1.165, 1.54) is 16.1 Å². The average Bonchev–Trinajstić information content (AvgIpc) is 3.38. The fourth-order valence-corrected chi connectivity index (χ4v) is 6.50. The van der Waals surface area contributed by atoms with Crippen molar-refractivity contribution in [2.24, 2.45) is 0 Å². The summed E-state index contributed by atoms with van der Waals surface area (Å²) in [6, 6.07) is 7.18. The van der Waals surface area contributed by atoms with E-state index in [9.17, 15) is 8.42 Å². The summed E-state index contributed by atoms with van der Waals surface area (Å²) in [6.45, 7) is 8.29. The number of nitrogens with zero attached hydrogens (tertiary/aromatic N) is 7. The lowest BCUT2D eigenvalue weighted by molar-refractivity contribution is 0.0730. The zero-order chi connectivity index (χ0) is 23.2. The van der Waals surface area contributed by atoms with Crippen LogP contribution in [-0.2, 0) is 27.1 Å². The molecule has 33 heavy (non-hydrogen) atoms. The number of imidazole rings is 1. The van der Waals surface area contributed by atoms with E-state index in [1.54, 1.807) is 12.1 Å². The number of thioether (sulfide) groups is 1. The molecule has 174 valence electrons. The van der Waals surface area contributed by atoms with Crippen molar-refractivity contribution in [3.63, 3.8) is 0 Å². The Labute approximate surface area is 196 Å². The molecule has 1 aliphatic heterocycles. The third-order valence-electron chi connectivity index (χ3n) is 5.72. The van der Waals surface area contributed by atoms with Gasteiger partial charge < -0.3 is 9.30 Å². The summed E-state index contributed by atoms with van der Waals surface area (Å²) in [4.78, 5) is 9.48. The third-order valence-corrected chi connectivity index (χ3v) is 8.54. The van der Waals surface area contributed by atoms with Crippen molar-refractivity contribution in [1.29, 1.82) is 0 Å². The zero-order valence-electron chi connectivity index (χ0n) is 18.7. The first kappa shape index (κ1) is 22.3. The summed E-state index contributed by atoms with van der Waals surface area (Å²) in [5.74, 6) is 2.01. The number of fused-ring (bicyclic) bond motifs is 2. The van der Waals surface area contributed by atoms with Crippen molar-refractivity contribution in [2.45, 2.75) is 43.1 Å². The highest BCUT2D eigenvalue weighted by atomic mass is 32.2. The van der Waals surface area contributed by atoms with Crippen molar-refractivity contribution in [1.82, 2.24) is 33.4 Å². The van der Waals surface area contributed by atoms with Crippen molar-refractivity contribution in [2.75, 3.05) is 26.3 Å². The quantitative estimate of drug-likeness (QED) is 0.382. The monoisotopic (exact) mass is 487 g/mol. The van der Waals surface area contributed by atoms with Gasteiger partial charge in [-0.05, 0) is 45.0 Å². The second-order valence-corrected chi connectivity index (χ2v) is 10.8. The van der Waals surface area contributed by atoms with Gasteiger partial charge in [0.05, 0.1) is 34.9 Å². The summed E-state index contributed by atoms with van der Waals surface area (Å²) in [7, 11) is -3.57. The molecular weight excluding hydrogens is 462 g/mol. The van der Waals surface area contributed by atoms with Crippen molar-refractivity contribution in [3.8, 4) is 0 Å². The van der Waals surface area contributed by atoms with Crippen LogP contribution in [0.25, 0.3) is 16.8 Å². The van der Waals surface area contributed by atoms with Gasteiger partial charge in [-0.1, -0.05) is 11.8 Å². The summed E-state index contributed by atoms with van der Waals surface area (Å²) in [6.07, 6.45) is 0. The lowest BCUT2D eigenvalue weighted by Gasteiger charge is -2.26. The normalized spacial score (nSPS) is 15.6. The minimum Gasteiger partial charge on any atom is -0.379 e. The summed E-state index contributed by atoms with van der Waals surface area (Å²) < 4.78 is 36.9. The highest BCUT2D eigenvalue weighted by Crippen LogP contribution is 2.27. The maximum Gasteiger partial charge on any atom is 0.256 e. The SMILES string of the molecule is CCn1c(CSc2nnc3nc(C)cc(C)n23)nc2cc(S(=O)(=O)N3CCOCC3)ccc21. The lowest BCUT2D eigenvalue weighted by Crippen LogP contribution is -2.40. The fraction of sp³-hybridized carbons (Fsp3) is 0.429. The van der Waals surface area contributed by atoms with Gasteiger partial charge in [0, 0.05) is 31.0 Å². The van der Waals surface area contributed by atoms with Crippen LogP contribution in [0.15, 0.2) is 34.3 Å². The molecule has 0 radical (unpaired) electrons. The number of hydrogen-bond acceptors (Lipinski definition) is 8. The number of hydrogen-bond donors (Lipinski definition) is 0. The molecule has 0 N–H and O–H groups in total. The number of aromatic nitrogens is 6. The van der Waals surface area contributed by atoms with Gasteiger partial charge in [0.1, 0.15) is 5.82 Å². The van der Waals surface area contributed by atoms with Crippen LogP contribution in [0.1, 0.15) is 24.1 Å². The molecule has 1 aromatic carbocycles. The topological polar surface area (TPSA) is 108 Å². The van der Waals surface area contributed by atoms with E-state index >= 15 is 0 Å². The molecule has 1 aliphatic rings. The predicted molar refractivity (Wildman–Crippen MR) is 125 cm³/mol. The number of aryl methyl sites for hydroxylation is 3. The molecule has 4 heterocycles. The van der Waals surface area contributed by atoms with E-state index in [2.05, 4.69) is 26.7 Å². The molecule has 0 spiro atoms. The maximum absolute atomic E-state index is 13.1. The second-order valence-electron chi connectivity index (χ2n) is 7.88. The molecule has 3 aromatic heterocycles. The van der Waals surface area contributed by atoms with Gasteiger partial charge in [0.25, 0.3) is 5.78 Å². The standard InChI is InChI=1S/C21H25N7O3S2/c1-4-27-18-6-5-16(33(29,30)26-7-9-31-10-8-26)12-17(18)23-19(27)13-32-21-25-24-20-22-14(2)11-15(3)28(20)21/h5-6,11-12H,4,7-10,13H2,1-3H3. The smallest absolute Gasteiger partial charge is 0.256 e. The highest BCUT2D eigenvalue weighted by molar-refractivity contribution is 7.98. The third kappa shape index (κ3) is 4.01. The van der Waals surface area contributed by atoms with Gasteiger partial charge in [-0.3, -0.25) is 4.40 Å². The molecule has 0 amide bonds. The number of sulfonamides is 1. The minimum atomic E-state index is -3.57. The Morgan fingerprint density at radius 3 is 2.64 bits per heavy atom. The zero-order valence-corrected chi connectivity index (χ0v) is 20.4. The first-order valence-electron chi connectivity index (χ1n) is 10.8. The van der Waals surface area contributed by atoms with Crippen LogP contribution >= 0.6 is 11.8 Å². The van der Waals surface area contributed by atoms with Crippen LogP contribution in [0.5, 0.6) is 0 Å². The number of morpholine rings is 1. The molecule has 12 heteroatoms. The number of benzene rings is 1. The lowest BCUT2D eigenvalue weighted by atomic mass is 10.3. The van der Waals surface area contributed by atoms with Crippen molar-refractivity contribution in [3.05, 3.63) is 41.5 Å². The summed E-state index contributed by atoms with van der Waals surface area (Å²) in [5.41, 5.74) is 3.50. The molecule has 1 fully saturated rings. The molecule has 0 unspecified atom stereocenters. The molecule has 5 rings (SSSR count). The van der Waals surface area contributed by atoms with E-state index in [0.717, 1.165) is 34.4 Å². The molecule has 0 aliphatic carbocycles. The molecular formula is C21H25N7O3S2. The highest BCUT2D eigenvalue weighted by Gasteiger charge is 2.27. The van der Waals surface area contributed by atoms with Crippen LogP contribution < -0.4 is 0 Å². The summed E-state index contributed by atoms with van der Waals surface area (Å²) >= 11 is 1.53. The molecule has 0 bridgehead atoms. The van der Waals surface area contributed by atoms with Crippen molar-refractivity contribution >= 4 is 38.6 Å². The molecule has 0 atom stereocenters. The van der Waals surface area contributed by atoms with Gasteiger partial charge in [0.2, 0.25) is 10.0 Å². The van der Waals surface area contributed by atoms with Gasteiger partial charge in [-0.15, -0.1) is 10.2 Å². The fourth-order valence-electron chi connectivity index (χ4n) is 4.14. The first-order chi connectivity index (χ1) is 15.9. The predicted octanol–water partition coefficient (Wildman–Crippen LogP) is 2.42. The van der Waals surface area contributed by atoms with E-state index in [1.807, 2.05) is 30.4 Å². The Morgan fingerprint density at radius 2 is 1.88 bits per heavy atom. The Bertz CT molecular complexity index is 1440. The van der Waals surface area contributed by atoms with E-state index < -0.39 is 10.0 Å². The molecule has 10 nitrogen and oxygen atoms in total. The van der Waals surface area contributed by atoms with Gasteiger partial charge in [-0.25, -0.2) is 18.4 Å². The van der Waals surface area contributed by atoms with Gasteiger partial charge in [0.15, 0.2) is 5.16 Å². The maximum atomic E-state index is 13.1. The van der Waals surface area contributed by atoms with Gasteiger partial charge in [-0.2, -0.15) is 4.31 Å². The van der Waals surface area contributed by atoms with Crippen LogP contribution in [0.4, 0.5) is 0 Å². The van der Waals surface area contributed by atoms with Crippen LogP contribution in [0, 0.1) is 13.8 Å². The summed E-state index contributed by atoms with van der Waals surface area (Å²) in [5, 5.41) is 9.25. The van der Waals surface area contributed by atoms with Crippen LogP contribution in [-0.4, -0.2) is 68.2 Å².